The summed E-state index contributed by atoms with van der Waals surface area (Å²) in [6.45, 7) is 13.4. The molecule has 1 aliphatic rings. The number of likely N-dealkylation sites (tertiary alicyclic amines) is 1. The van der Waals surface area contributed by atoms with E-state index in [1.807, 2.05) is 0 Å². The van der Waals surface area contributed by atoms with Crippen molar-refractivity contribution in [1.29, 1.82) is 5.26 Å². The molecule has 3 nitrogen and oxygen atoms in total. The maximum Gasteiger partial charge on any atom is 0.106 e. The van der Waals surface area contributed by atoms with E-state index in [0.717, 1.165) is 44.2 Å². The summed E-state index contributed by atoms with van der Waals surface area (Å²) in [7, 11) is 0. The average Bonchev–Trinajstić information content (AvgIpc) is 2.42. The minimum atomic E-state index is -0.302. The first-order valence-electron chi connectivity index (χ1n) is 7.95. The van der Waals surface area contributed by atoms with Crippen LogP contribution in [0.4, 0.5) is 0 Å². The summed E-state index contributed by atoms with van der Waals surface area (Å²) < 4.78 is 0. The first-order chi connectivity index (χ1) is 9.06. The lowest BCUT2D eigenvalue weighted by molar-refractivity contribution is 0.134. The molecule has 1 heterocycles. The van der Waals surface area contributed by atoms with Crippen molar-refractivity contribution in [2.45, 2.75) is 58.9 Å². The standard InChI is InChI=1S/C16H31N3/c1-5-16(13-17,18-6-2)9-7-10-19-11-8-14(3)15(4)12-19/h14-15,18H,5-12H2,1-4H3. The van der Waals surface area contributed by atoms with E-state index in [9.17, 15) is 5.26 Å². The van der Waals surface area contributed by atoms with Crippen LogP contribution in [0.25, 0.3) is 0 Å². The molecule has 110 valence electrons. The van der Waals surface area contributed by atoms with E-state index in [4.69, 9.17) is 0 Å². The molecule has 1 fully saturated rings. The van der Waals surface area contributed by atoms with Gasteiger partial charge in [-0.3, -0.25) is 5.32 Å². The van der Waals surface area contributed by atoms with Crippen molar-refractivity contribution < 1.29 is 0 Å². The molecular weight excluding hydrogens is 234 g/mol. The van der Waals surface area contributed by atoms with Gasteiger partial charge >= 0.3 is 0 Å². The lowest BCUT2D eigenvalue weighted by Gasteiger charge is -2.36. The zero-order valence-electron chi connectivity index (χ0n) is 13.2. The molecule has 0 aromatic heterocycles. The van der Waals surface area contributed by atoms with E-state index < -0.39 is 0 Å². The van der Waals surface area contributed by atoms with Crippen LogP contribution in [-0.2, 0) is 0 Å². The van der Waals surface area contributed by atoms with Gasteiger partial charge in [-0.05, 0) is 57.2 Å². The highest BCUT2D eigenvalue weighted by atomic mass is 15.1. The van der Waals surface area contributed by atoms with E-state index in [0.29, 0.717) is 0 Å². The monoisotopic (exact) mass is 265 g/mol. The fourth-order valence-corrected chi connectivity index (χ4v) is 3.06. The number of nitriles is 1. The van der Waals surface area contributed by atoms with Gasteiger partial charge in [0.25, 0.3) is 0 Å². The van der Waals surface area contributed by atoms with Gasteiger partial charge in [0.2, 0.25) is 0 Å². The highest BCUT2D eigenvalue weighted by molar-refractivity contribution is 5.06. The summed E-state index contributed by atoms with van der Waals surface area (Å²) in [6.07, 6.45) is 4.31. The second-order valence-corrected chi connectivity index (χ2v) is 6.23. The Hall–Kier alpha value is -0.590. The Labute approximate surface area is 119 Å². The number of hydrogen-bond acceptors (Lipinski definition) is 3. The quantitative estimate of drug-likeness (QED) is 0.769. The highest BCUT2D eigenvalue weighted by Crippen LogP contribution is 2.23. The Morgan fingerprint density at radius 1 is 1.32 bits per heavy atom. The molecule has 1 rings (SSSR count). The molecule has 0 spiro atoms. The van der Waals surface area contributed by atoms with Crippen molar-refractivity contribution in [3.8, 4) is 6.07 Å². The second kappa shape index (κ2) is 7.87. The smallest absolute Gasteiger partial charge is 0.106 e. The first kappa shape index (κ1) is 16.5. The van der Waals surface area contributed by atoms with E-state index in [-0.39, 0.29) is 5.54 Å². The maximum absolute atomic E-state index is 9.40. The van der Waals surface area contributed by atoms with E-state index in [1.165, 1.54) is 19.5 Å². The van der Waals surface area contributed by atoms with Gasteiger partial charge in [-0.2, -0.15) is 5.26 Å². The number of nitrogens with one attached hydrogen (secondary N) is 1. The van der Waals surface area contributed by atoms with Crippen LogP contribution < -0.4 is 5.32 Å². The minimum absolute atomic E-state index is 0.302. The van der Waals surface area contributed by atoms with Gasteiger partial charge < -0.3 is 4.90 Å². The van der Waals surface area contributed by atoms with Gasteiger partial charge in [-0.1, -0.05) is 27.7 Å². The van der Waals surface area contributed by atoms with Crippen LogP contribution in [0.2, 0.25) is 0 Å². The molecule has 3 atom stereocenters. The molecule has 19 heavy (non-hydrogen) atoms. The number of hydrogen-bond donors (Lipinski definition) is 1. The Morgan fingerprint density at radius 2 is 2.05 bits per heavy atom. The highest BCUT2D eigenvalue weighted by Gasteiger charge is 2.27. The Balaban J connectivity index is 2.35. The van der Waals surface area contributed by atoms with Crippen LogP contribution in [0.3, 0.4) is 0 Å². The summed E-state index contributed by atoms with van der Waals surface area (Å²) in [5.74, 6) is 1.68. The molecule has 0 saturated carbocycles. The third-order valence-electron chi connectivity index (χ3n) is 4.83. The third kappa shape index (κ3) is 4.78. The van der Waals surface area contributed by atoms with Crippen molar-refractivity contribution in [1.82, 2.24) is 10.2 Å². The molecule has 1 saturated heterocycles. The normalized spacial score (nSPS) is 27.7. The third-order valence-corrected chi connectivity index (χ3v) is 4.83. The Morgan fingerprint density at radius 3 is 2.58 bits per heavy atom. The van der Waals surface area contributed by atoms with Crippen LogP contribution >= 0.6 is 0 Å². The van der Waals surface area contributed by atoms with Crippen LogP contribution in [0.5, 0.6) is 0 Å². The molecule has 0 amide bonds. The molecule has 0 radical (unpaired) electrons. The van der Waals surface area contributed by atoms with Crippen LogP contribution in [0, 0.1) is 23.2 Å². The SMILES string of the molecule is CCNC(C#N)(CC)CCCN1CCC(C)C(C)C1. The Bertz CT molecular complexity index is 297. The molecule has 3 heteroatoms. The summed E-state index contributed by atoms with van der Waals surface area (Å²) in [6, 6.07) is 2.49. The topological polar surface area (TPSA) is 39.1 Å². The largest absolute Gasteiger partial charge is 0.303 e. The van der Waals surface area contributed by atoms with Crippen LogP contribution in [-0.4, -0.2) is 36.6 Å². The van der Waals surface area contributed by atoms with Crippen LogP contribution in [0.15, 0.2) is 0 Å². The molecule has 1 N–H and O–H groups in total. The fourth-order valence-electron chi connectivity index (χ4n) is 3.06. The summed E-state index contributed by atoms with van der Waals surface area (Å²) in [4.78, 5) is 2.58. The fraction of sp³-hybridized carbons (Fsp3) is 0.938. The van der Waals surface area contributed by atoms with Gasteiger partial charge in [0.1, 0.15) is 5.54 Å². The predicted molar refractivity (Wildman–Crippen MR) is 80.9 cm³/mol. The zero-order chi connectivity index (χ0) is 14.3. The van der Waals surface area contributed by atoms with Crippen molar-refractivity contribution in [3.05, 3.63) is 0 Å². The number of rotatable bonds is 7. The average molecular weight is 265 g/mol. The number of piperidine rings is 1. The van der Waals surface area contributed by atoms with Crippen molar-refractivity contribution in [3.63, 3.8) is 0 Å². The van der Waals surface area contributed by atoms with Gasteiger partial charge in [0, 0.05) is 6.54 Å². The first-order valence-corrected chi connectivity index (χ1v) is 7.95. The van der Waals surface area contributed by atoms with E-state index in [1.54, 1.807) is 0 Å². The summed E-state index contributed by atoms with van der Waals surface area (Å²) >= 11 is 0. The van der Waals surface area contributed by atoms with E-state index in [2.05, 4.69) is 44.0 Å². The summed E-state index contributed by atoms with van der Waals surface area (Å²) in [5.41, 5.74) is -0.302. The molecule has 1 aliphatic heterocycles. The molecule has 0 aromatic carbocycles. The maximum atomic E-state index is 9.40. The van der Waals surface area contributed by atoms with Crippen molar-refractivity contribution in [2.75, 3.05) is 26.2 Å². The molecular formula is C16H31N3. The molecule has 0 aromatic rings. The molecule has 3 unspecified atom stereocenters. The van der Waals surface area contributed by atoms with E-state index >= 15 is 0 Å². The zero-order valence-corrected chi connectivity index (χ0v) is 13.2. The predicted octanol–water partition coefficient (Wildman–Crippen LogP) is 3.03. The van der Waals surface area contributed by atoms with Gasteiger partial charge in [-0.25, -0.2) is 0 Å². The summed E-state index contributed by atoms with van der Waals surface area (Å²) in [5, 5.41) is 12.8. The lowest BCUT2D eigenvalue weighted by atomic mass is 9.88. The lowest BCUT2D eigenvalue weighted by Crippen LogP contribution is -2.44. The molecule has 0 aliphatic carbocycles. The Kier molecular flexibility index (Phi) is 6.82. The van der Waals surface area contributed by atoms with Crippen LogP contribution in [0.1, 0.15) is 53.4 Å². The van der Waals surface area contributed by atoms with Gasteiger partial charge in [-0.15, -0.1) is 0 Å². The van der Waals surface area contributed by atoms with Crippen molar-refractivity contribution in [2.24, 2.45) is 11.8 Å². The van der Waals surface area contributed by atoms with Gasteiger partial charge in [0.15, 0.2) is 0 Å². The van der Waals surface area contributed by atoms with Crippen molar-refractivity contribution >= 4 is 0 Å². The van der Waals surface area contributed by atoms with Gasteiger partial charge in [0.05, 0.1) is 6.07 Å². The molecule has 0 bridgehead atoms. The minimum Gasteiger partial charge on any atom is -0.303 e. The number of nitrogens with zero attached hydrogens (tertiary/aromatic N) is 2. The second-order valence-electron chi connectivity index (χ2n) is 6.23.